The Morgan fingerprint density at radius 3 is 2.55 bits per heavy atom. The van der Waals surface area contributed by atoms with Crippen LogP contribution in [-0.2, 0) is 4.79 Å². The van der Waals surface area contributed by atoms with Crippen LogP contribution in [0.5, 0.6) is 0 Å². The fraction of sp³-hybridized carbons (Fsp3) is 0.611. The number of halogens is 1. The zero-order valence-electron chi connectivity index (χ0n) is 12.9. The lowest BCUT2D eigenvalue weighted by molar-refractivity contribution is -0.135. The van der Waals surface area contributed by atoms with E-state index >= 15 is 0 Å². The first kappa shape index (κ1) is 15.5. The Hall–Kier alpha value is -1.42. The van der Waals surface area contributed by atoms with E-state index < -0.39 is 6.10 Å². The second kappa shape index (κ2) is 6.37. The molecule has 1 aliphatic heterocycles. The molecular weight excluding hydrogens is 281 g/mol. The van der Waals surface area contributed by atoms with Crippen molar-refractivity contribution in [1.82, 2.24) is 4.90 Å². The molecule has 22 heavy (non-hydrogen) atoms. The highest BCUT2D eigenvalue weighted by Crippen LogP contribution is 2.46. The van der Waals surface area contributed by atoms with Gasteiger partial charge in [0.15, 0.2) is 0 Å². The molecular formula is C18H24FNO2. The minimum Gasteiger partial charge on any atom is -0.388 e. The number of aliphatic hydroxyl groups is 1. The summed E-state index contributed by atoms with van der Waals surface area (Å²) in [6, 6.07) is 5.85. The standard InChI is InChI=1S/C18H24FNO2/c19-15-5-3-4-14(12-15)16(21)13-17(22)20-10-8-18(9-11-20)6-1-2-7-18/h3-5,12,16,21H,1-2,6-11,13H2. The highest BCUT2D eigenvalue weighted by Gasteiger charge is 2.38. The summed E-state index contributed by atoms with van der Waals surface area (Å²) < 4.78 is 13.2. The molecule has 0 aromatic heterocycles. The van der Waals surface area contributed by atoms with Crippen LogP contribution >= 0.6 is 0 Å². The first-order chi connectivity index (χ1) is 10.6. The Labute approximate surface area is 131 Å². The van der Waals surface area contributed by atoms with Crippen molar-refractivity contribution in [2.45, 2.75) is 51.0 Å². The van der Waals surface area contributed by atoms with Gasteiger partial charge in [-0.1, -0.05) is 25.0 Å². The molecule has 1 N–H and O–H groups in total. The Kier molecular flexibility index (Phi) is 4.48. The van der Waals surface area contributed by atoms with Crippen molar-refractivity contribution in [3.8, 4) is 0 Å². The van der Waals surface area contributed by atoms with Crippen molar-refractivity contribution < 1.29 is 14.3 Å². The number of likely N-dealkylation sites (tertiary alicyclic amines) is 1. The maximum absolute atomic E-state index is 13.2. The fourth-order valence-corrected chi connectivity index (χ4v) is 3.98. The molecule has 1 saturated carbocycles. The van der Waals surface area contributed by atoms with E-state index in [0.29, 0.717) is 11.0 Å². The van der Waals surface area contributed by atoms with E-state index in [1.165, 1.54) is 37.8 Å². The van der Waals surface area contributed by atoms with Crippen molar-refractivity contribution in [3.05, 3.63) is 35.6 Å². The molecule has 3 nitrogen and oxygen atoms in total. The van der Waals surface area contributed by atoms with Crippen molar-refractivity contribution in [2.24, 2.45) is 5.41 Å². The van der Waals surface area contributed by atoms with E-state index in [0.717, 1.165) is 25.9 Å². The second-order valence-corrected chi connectivity index (χ2v) is 6.86. The predicted molar refractivity (Wildman–Crippen MR) is 82.7 cm³/mol. The molecule has 1 aromatic carbocycles. The van der Waals surface area contributed by atoms with Gasteiger partial charge in [-0.15, -0.1) is 0 Å². The number of benzene rings is 1. The molecule has 1 amide bonds. The summed E-state index contributed by atoms with van der Waals surface area (Å²) in [6.07, 6.45) is 6.56. The Morgan fingerprint density at radius 2 is 1.91 bits per heavy atom. The van der Waals surface area contributed by atoms with Gasteiger partial charge in [0, 0.05) is 13.1 Å². The zero-order chi connectivity index (χ0) is 15.6. The first-order valence-corrected chi connectivity index (χ1v) is 8.29. The quantitative estimate of drug-likeness (QED) is 0.929. The minimum atomic E-state index is -0.925. The predicted octanol–water partition coefficient (Wildman–Crippen LogP) is 3.43. The number of carbonyl (C=O) groups excluding carboxylic acids is 1. The molecule has 1 spiro atoms. The Morgan fingerprint density at radius 1 is 1.23 bits per heavy atom. The summed E-state index contributed by atoms with van der Waals surface area (Å²) in [6.45, 7) is 1.60. The van der Waals surface area contributed by atoms with Gasteiger partial charge in [0.05, 0.1) is 12.5 Å². The van der Waals surface area contributed by atoms with E-state index in [4.69, 9.17) is 0 Å². The van der Waals surface area contributed by atoms with Crippen molar-refractivity contribution in [2.75, 3.05) is 13.1 Å². The highest BCUT2D eigenvalue weighted by molar-refractivity contribution is 5.77. The number of hydrogen-bond acceptors (Lipinski definition) is 2. The summed E-state index contributed by atoms with van der Waals surface area (Å²) in [7, 11) is 0. The second-order valence-electron chi connectivity index (χ2n) is 6.86. The SMILES string of the molecule is O=C(CC(O)c1cccc(F)c1)N1CCC2(CCCC2)CC1. The number of rotatable bonds is 3. The third kappa shape index (κ3) is 3.32. The average Bonchev–Trinajstić information content (AvgIpc) is 2.96. The van der Waals surface area contributed by atoms with E-state index in [1.807, 2.05) is 4.90 Å². The molecule has 3 rings (SSSR count). The third-order valence-corrected chi connectivity index (χ3v) is 5.44. The summed E-state index contributed by atoms with van der Waals surface area (Å²) in [5.41, 5.74) is 0.954. The summed E-state index contributed by atoms with van der Waals surface area (Å²) in [4.78, 5) is 14.2. The van der Waals surface area contributed by atoms with Crippen LogP contribution in [0.3, 0.4) is 0 Å². The number of carbonyl (C=O) groups is 1. The molecule has 1 heterocycles. The molecule has 120 valence electrons. The highest BCUT2D eigenvalue weighted by atomic mass is 19.1. The fourth-order valence-electron chi connectivity index (χ4n) is 3.98. The van der Waals surface area contributed by atoms with Gasteiger partial charge in [-0.3, -0.25) is 4.79 Å². The van der Waals surface area contributed by atoms with Crippen LogP contribution in [0.4, 0.5) is 4.39 Å². The van der Waals surface area contributed by atoms with E-state index in [1.54, 1.807) is 12.1 Å². The smallest absolute Gasteiger partial charge is 0.225 e. The van der Waals surface area contributed by atoms with Crippen LogP contribution in [0.25, 0.3) is 0 Å². The molecule has 2 aliphatic rings. The van der Waals surface area contributed by atoms with Crippen LogP contribution in [-0.4, -0.2) is 29.0 Å². The topological polar surface area (TPSA) is 40.5 Å². The Balaban J connectivity index is 1.54. The molecule has 0 bridgehead atoms. The molecule has 1 unspecified atom stereocenters. The largest absolute Gasteiger partial charge is 0.388 e. The maximum Gasteiger partial charge on any atom is 0.225 e. The van der Waals surface area contributed by atoms with Crippen LogP contribution in [0.1, 0.15) is 56.6 Å². The average molecular weight is 305 g/mol. The number of piperidine rings is 1. The first-order valence-electron chi connectivity index (χ1n) is 8.29. The molecule has 1 saturated heterocycles. The van der Waals surface area contributed by atoms with Gasteiger partial charge >= 0.3 is 0 Å². The molecule has 2 fully saturated rings. The maximum atomic E-state index is 13.2. The molecule has 1 aromatic rings. The molecule has 1 aliphatic carbocycles. The minimum absolute atomic E-state index is 0.0235. The number of aliphatic hydroxyl groups excluding tert-OH is 1. The molecule has 0 radical (unpaired) electrons. The van der Waals surface area contributed by atoms with E-state index in [2.05, 4.69) is 0 Å². The van der Waals surface area contributed by atoms with E-state index in [-0.39, 0.29) is 18.1 Å². The number of amides is 1. The lowest BCUT2D eigenvalue weighted by Gasteiger charge is -2.39. The van der Waals surface area contributed by atoms with Gasteiger partial charge in [0.2, 0.25) is 5.91 Å². The lowest BCUT2D eigenvalue weighted by Crippen LogP contribution is -2.42. The monoisotopic (exact) mass is 305 g/mol. The Bertz CT molecular complexity index is 530. The summed E-state index contributed by atoms with van der Waals surface area (Å²) >= 11 is 0. The molecule has 4 heteroatoms. The number of hydrogen-bond donors (Lipinski definition) is 1. The van der Waals surface area contributed by atoms with E-state index in [9.17, 15) is 14.3 Å². The van der Waals surface area contributed by atoms with Crippen LogP contribution in [0, 0.1) is 11.2 Å². The van der Waals surface area contributed by atoms with Crippen LogP contribution in [0.2, 0.25) is 0 Å². The van der Waals surface area contributed by atoms with Gasteiger partial charge in [0.25, 0.3) is 0 Å². The van der Waals surface area contributed by atoms with Gasteiger partial charge in [0.1, 0.15) is 5.82 Å². The van der Waals surface area contributed by atoms with Gasteiger partial charge in [-0.05, 0) is 48.8 Å². The van der Waals surface area contributed by atoms with Crippen molar-refractivity contribution >= 4 is 5.91 Å². The number of nitrogens with zero attached hydrogens (tertiary/aromatic N) is 1. The zero-order valence-corrected chi connectivity index (χ0v) is 12.9. The summed E-state index contributed by atoms with van der Waals surface area (Å²) in [5.74, 6) is -0.408. The van der Waals surface area contributed by atoms with Gasteiger partial charge in [-0.2, -0.15) is 0 Å². The third-order valence-electron chi connectivity index (χ3n) is 5.44. The van der Waals surface area contributed by atoms with Crippen LogP contribution in [0.15, 0.2) is 24.3 Å². The van der Waals surface area contributed by atoms with Crippen LogP contribution < -0.4 is 0 Å². The normalized spacial score (nSPS) is 22.0. The molecule has 1 atom stereocenters. The van der Waals surface area contributed by atoms with Gasteiger partial charge in [-0.25, -0.2) is 4.39 Å². The van der Waals surface area contributed by atoms with Gasteiger partial charge < -0.3 is 10.0 Å². The lowest BCUT2D eigenvalue weighted by atomic mass is 9.77. The summed E-state index contributed by atoms with van der Waals surface area (Å²) in [5, 5.41) is 10.1. The van der Waals surface area contributed by atoms with Crippen molar-refractivity contribution in [1.29, 1.82) is 0 Å². The van der Waals surface area contributed by atoms with Crippen molar-refractivity contribution in [3.63, 3.8) is 0 Å².